The van der Waals surface area contributed by atoms with Crippen LogP contribution in [0.4, 0.5) is 0 Å². The second kappa shape index (κ2) is 8.67. The summed E-state index contributed by atoms with van der Waals surface area (Å²) < 4.78 is 5.55. The standard InChI is InChI=1S/C15H26N2O2/c1-6-8-9-13(7-2)11-19-10-12(3)17-14(18)15(4,5)16/h6-9,12H,1,10-11,16H2,2-5H3,(H,17,18)/b9-8-,13-7+/t12-/m0/s1. The van der Waals surface area contributed by atoms with Gasteiger partial charge in [0.2, 0.25) is 5.91 Å². The van der Waals surface area contributed by atoms with Crippen molar-refractivity contribution in [2.45, 2.75) is 39.3 Å². The predicted molar refractivity (Wildman–Crippen MR) is 79.8 cm³/mol. The highest BCUT2D eigenvalue weighted by Gasteiger charge is 2.22. The average molecular weight is 266 g/mol. The molecule has 0 spiro atoms. The van der Waals surface area contributed by atoms with Crippen molar-refractivity contribution in [1.29, 1.82) is 0 Å². The molecule has 0 aromatic rings. The first-order valence-corrected chi connectivity index (χ1v) is 6.43. The molecule has 0 aliphatic rings. The number of carbonyl (C=O) groups is 1. The normalized spacial score (nSPS) is 14.5. The van der Waals surface area contributed by atoms with Gasteiger partial charge < -0.3 is 15.8 Å². The number of hydrogen-bond donors (Lipinski definition) is 2. The van der Waals surface area contributed by atoms with Gasteiger partial charge >= 0.3 is 0 Å². The van der Waals surface area contributed by atoms with Gasteiger partial charge in [-0.3, -0.25) is 4.79 Å². The van der Waals surface area contributed by atoms with Crippen molar-refractivity contribution in [3.63, 3.8) is 0 Å². The monoisotopic (exact) mass is 266 g/mol. The maximum atomic E-state index is 11.6. The van der Waals surface area contributed by atoms with E-state index in [1.165, 1.54) is 0 Å². The fourth-order valence-electron chi connectivity index (χ4n) is 1.22. The van der Waals surface area contributed by atoms with Crippen molar-refractivity contribution in [2.75, 3.05) is 13.2 Å². The molecule has 19 heavy (non-hydrogen) atoms. The highest BCUT2D eigenvalue weighted by Crippen LogP contribution is 2.00. The van der Waals surface area contributed by atoms with Gasteiger partial charge in [-0.25, -0.2) is 0 Å². The van der Waals surface area contributed by atoms with Gasteiger partial charge in [-0.05, 0) is 33.3 Å². The molecule has 0 aliphatic carbocycles. The third kappa shape index (κ3) is 8.35. The van der Waals surface area contributed by atoms with Crippen molar-refractivity contribution in [3.8, 4) is 0 Å². The molecule has 4 nitrogen and oxygen atoms in total. The van der Waals surface area contributed by atoms with Gasteiger partial charge in [-0.2, -0.15) is 0 Å². The van der Waals surface area contributed by atoms with Crippen LogP contribution in [0.3, 0.4) is 0 Å². The van der Waals surface area contributed by atoms with E-state index >= 15 is 0 Å². The Morgan fingerprint density at radius 1 is 1.53 bits per heavy atom. The van der Waals surface area contributed by atoms with E-state index in [4.69, 9.17) is 10.5 Å². The average Bonchev–Trinajstić information content (AvgIpc) is 2.32. The van der Waals surface area contributed by atoms with Gasteiger partial charge in [0, 0.05) is 6.04 Å². The second-order valence-corrected chi connectivity index (χ2v) is 5.07. The molecule has 0 aliphatic heterocycles. The first kappa shape index (κ1) is 17.6. The van der Waals surface area contributed by atoms with Crippen LogP contribution in [0.25, 0.3) is 0 Å². The highest BCUT2D eigenvalue weighted by molar-refractivity contribution is 5.85. The Bertz CT molecular complexity index is 352. The zero-order chi connectivity index (χ0) is 14.9. The lowest BCUT2D eigenvalue weighted by Gasteiger charge is -2.21. The van der Waals surface area contributed by atoms with Gasteiger partial charge in [0.25, 0.3) is 0 Å². The summed E-state index contributed by atoms with van der Waals surface area (Å²) in [5, 5.41) is 2.81. The SMILES string of the molecule is C=C/C=C\C(=C/C)COC[C@H](C)NC(=O)C(C)(C)N. The smallest absolute Gasteiger partial charge is 0.239 e. The minimum absolute atomic E-state index is 0.0724. The number of carbonyl (C=O) groups excluding carboxylic acids is 1. The van der Waals surface area contributed by atoms with Crippen LogP contribution in [0.15, 0.2) is 36.5 Å². The Balaban J connectivity index is 4.04. The fraction of sp³-hybridized carbons (Fsp3) is 0.533. The predicted octanol–water partition coefficient (Wildman–Crippen LogP) is 1.93. The quantitative estimate of drug-likeness (QED) is 0.660. The molecule has 0 unspecified atom stereocenters. The van der Waals surface area contributed by atoms with E-state index in [2.05, 4.69) is 11.9 Å². The minimum atomic E-state index is -0.866. The van der Waals surface area contributed by atoms with Crippen molar-refractivity contribution < 1.29 is 9.53 Å². The summed E-state index contributed by atoms with van der Waals surface area (Å²) in [6.45, 7) is 11.8. The van der Waals surface area contributed by atoms with E-state index in [0.717, 1.165) is 5.57 Å². The van der Waals surface area contributed by atoms with E-state index in [9.17, 15) is 4.79 Å². The van der Waals surface area contributed by atoms with E-state index in [-0.39, 0.29) is 11.9 Å². The van der Waals surface area contributed by atoms with Crippen LogP contribution in [0.1, 0.15) is 27.7 Å². The highest BCUT2D eigenvalue weighted by atomic mass is 16.5. The molecule has 0 saturated heterocycles. The number of nitrogens with one attached hydrogen (secondary N) is 1. The van der Waals surface area contributed by atoms with Crippen molar-refractivity contribution >= 4 is 5.91 Å². The molecule has 0 aromatic heterocycles. The van der Waals surface area contributed by atoms with Crippen LogP contribution in [0.2, 0.25) is 0 Å². The largest absolute Gasteiger partial charge is 0.375 e. The lowest BCUT2D eigenvalue weighted by atomic mass is 10.1. The number of amides is 1. The van der Waals surface area contributed by atoms with Gasteiger partial charge in [-0.15, -0.1) is 0 Å². The Morgan fingerprint density at radius 3 is 2.63 bits per heavy atom. The van der Waals surface area contributed by atoms with Crippen LogP contribution in [-0.2, 0) is 9.53 Å². The van der Waals surface area contributed by atoms with Crippen LogP contribution in [0, 0.1) is 0 Å². The maximum Gasteiger partial charge on any atom is 0.239 e. The zero-order valence-corrected chi connectivity index (χ0v) is 12.4. The second-order valence-electron chi connectivity index (χ2n) is 5.07. The van der Waals surface area contributed by atoms with Crippen LogP contribution >= 0.6 is 0 Å². The summed E-state index contributed by atoms with van der Waals surface area (Å²) in [6, 6.07) is -0.0724. The number of allylic oxidation sites excluding steroid dienone is 3. The molecule has 0 heterocycles. The third-order valence-electron chi connectivity index (χ3n) is 2.42. The molecule has 108 valence electrons. The Kier molecular flexibility index (Phi) is 8.03. The molecule has 0 rings (SSSR count). The van der Waals surface area contributed by atoms with E-state index < -0.39 is 5.54 Å². The van der Waals surface area contributed by atoms with E-state index in [1.54, 1.807) is 19.9 Å². The molecule has 1 atom stereocenters. The number of hydrogen-bond acceptors (Lipinski definition) is 3. The third-order valence-corrected chi connectivity index (χ3v) is 2.42. The number of rotatable bonds is 8. The summed E-state index contributed by atoms with van der Waals surface area (Å²) in [5.41, 5.74) is 5.90. The summed E-state index contributed by atoms with van der Waals surface area (Å²) in [7, 11) is 0. The molecule has 3 N–H and O–H groups in total. The van der Waals surface area contributed by atoms with E-state index in [0.29, 0.717) is 13.2 Å². The summed E-state index contributed by atoms with van der Waals surface area (Å²) in [5.74, 6) is -0.179. The minimum Gasteiger partial charge on any atom is -0.375 e. The molecule has 0 radical (unpaired) electrons. The molecule has 4 heteroatoms. The summed E-state index contributed by atoms with van der Waals surface area (Å²) in [6.07, 6.45) is 7.50. The molecule has 1 amide bonds. The first-order chi connectivity index (χ1) is 8.81. The van der Waals surface area contributed by atoms with Crippen molar-refractivity contribution in [1.82, 2.24) is 5.32 Å². The fourth-order valence-corrected chi connectivity index (χ4v) is 1.22. The lowest BCUT2D eigenvalue weighted by Crippen LogP contribution is -2.52. The van der Waals surface area contributed by atoms with Crippen LogP contribution in [-0.4, -0.2) is 30.7 Å². The van der Waals surface area contributed by atoms with Crippen molar-refractivity contribution in [3.05, 3.63) is 36.5 Å². The van der Waals surface area contributed by atoms with Crippen LogP contribution in [0.5, 0.6) is 0 Å². The Hall–Kier alpha value is -1.39. The molecule has 0 aromatic carbocycles. The molecular weight excluding hydrogens is 240 g/mol. The zero-order valence-electron chi connectivity index (χ0n) is 12.4. The number of ether oxygens (including phenoxy) is 1. The van der Waals surface area contributed by atoms with Crippen molar-refractivity contribution in [2.24, 2.45) is 5.73 Å². The number of nitrogens with two attached hydrogens (primary N) is 1. The van der Waals surface area contributed by atoms with Gasteiger partial charge in [0.05, 0.1) is 18.8 Å². The molecule has 0 saturated carbocycles. The molecular formula is C15H26N2O2. The van der Waals surface area contributed by atoms with Gasteiger partial charge in [0.1, 0.15) is 0 Å². The summed E-state index contributed by atoms with van der Waals surface area (Å²) in [4.78, 5) is 11.6. The van der Waals surface area contributed by atoms with Gasteiger partial charge in [-0.1, -0.05) is 30.9 Å². The summed E-state index contributed by atoms with van der Waals surface area (Å²) >= 11 is 0. The van der Waals surface area contributed by atoms with E-state index in [1.807, 2.05) is 32.1 Å². The Labute approximate surface area is 116 Å². The topological polar surface area (TPSA) is 64.3 Å². The van der Waals surface area contributed by atoms with Gasteiger partial charge in [0.15, 0.2) is 0 Å². The molecule has 0 bridgehead atoms. The molecule has 0 fully saturated rings. The Morgan fingerprint density at radius 2 is 2.16 bits per heavy atom. The first-order valence-electron chi connectivity index (χ1n) is 6.43. The maximum absolute atomic E-state index is 11.6. The van der Waals surface area contributed by atoms with Crippen LogP contribution < -0.4 is 11.1 Å². The lowest BCUT2D eigenvalue weighted by molar-refractivity contribution is -0.126.